The highest BCUT2D eigenvalue weighted by Gasteiger charge is 2.29. The van der Waals surface area contributed by atoms with Crippen molar-refractivity contribution in [3.05, 3.63) is 56.4 Å². The van der Waals surface area contributed by atoms with Crippen LogP contribution in [0.15, 0.2) is 33.9 Å². The lowest BCUT2D eigenvalue weighted by Gasteiger charge is -2.20. The van der Waals surface area contributed by atoms with Crippen molar-refractivity contribution in [1.29, 1.82) is 0 Å². The SMILES string of the molecule is CCCn1c(=O)[nH]c(=O)c2c(C(=O)N(C)c3ccc(OC)c(OC)c3)cc(C3CC3)nc21. The molecule has 32 heavy (non-hydrogen) atoms. The average Bonchev–Trinajstić information content (AvgIpc) is 3.65. The number of amides is 1. The van der Waals surface area contributed by atoms with Gasteiger partial charge in [0.2, 0.25) is 0 Å². The number of hydrogen-bond donors (Lipinski definition) is 1. The van der Waals surface area contributed by atoms with Gasteiger partial charge in [0.1, 0.15) is 0 Å². The molecule has 168 valence electrons. The second-order valence-electron chi connectivity index (χ2n) is 7.88. The van der Waals surface area contributed by atoms with Crippen molar-refractivity contribution in [1.82, 2.24) is 14.5 Å². The maximum atomic E-state index is 13.6. The summed E-state index contributed by atoms with van der Waals surface area (Å²) in [5, 5.41) is 0.125. The number of fused-ring (bicyclic) bond motifs is 1. The number of methoxy groups -OCH3 is 2. The fourth-order valence-electron chi connectivity index (χ4n) is 3.81. The molecule has 4 rings (SSSR count). The fourth-order valence-corrected chi connectivity index (χ4v) is 3.81. The molecule has 1 saturated carbocycles. The van der Waals surface area contributed by atoms with Gasteiger partial charge in [0.05, 0.1) is 25.2 Å². The lowest BCUT2D eigenvalue weighted by molar-refractivity contribution is 0.0994. The number of H-pyrrole nitrogens is 1. The fraction of sp³-hybridized carbons (Fsp3) is 0.391. The third kappa shape index (κ3) is 3.74. The van der Waals surface area contributed by atoms with E-state index < -0.39 is 11.2 Å². The van der Waals surface area contributed by atoms with E-state index in [1.54, 1.807) is 31.3 Å². The molecule has 0 bridgehead atoms. The number of pyridine rings is 1. The van der Waals surface area contributed by atoms with Crippen LogP contribution in [0.5, 0.6) is 11.5 Å². The molecule has 9 heteroatoms. The Labute approximate surface area is 184 Å². The Balaban J connectivity index is 1.89. The quantitative estimate of drug-likeness (QED) is 0.608. The van der Waals surface area contributed by atoms with Crippen LogP contribution in [0.2, 0.25) is 0 Å². The first-order chi connectivity index (χ1) is 15.4. The van der Waals surface area contributed by atoms with Gasteiger partial charge in [-0.3, -0.25) is 19.1 Å². The lowest BCUT2D eigenvalue weighted by Crippen LogP contribution is -2.34. The Hall–Kier alpha value is -3.62. The van der Waals surface area contributed by atoms with Crippen molar-refractivity contribution in [2.45, 2.75) is 38.6 Å². The topological polar surface area (TPSA) is 107 Å². The van der Waals surface area contributed by atoms with Crippen LogP contribution in [0.3, 0.4) is 0 Å². The third-order valence-corrected chi connectivity index (χ3v) is 5.70. The van der Waals surface area contributed by atoms with E-state index in [9.17, 15) is 14.4 Å². The molecule has 0 aliphatic heterocycles. The molecule has 2 heterocycles. The standard InChI is InChI=1S/C23H26N4O5/c1-5-10-27-20-19(21(28)25-23(27)30)15(12-16(24-20)13-6-7-13)22(29)26(2)14-8-9-17(31-3)18(11-14)32-4/h8-9,11-13H,5-7,10H2,1-4H3,(H,25,28,30). The van der Waals surface area contributed by atoms with E-state index in [1.807, 2.05) is 6.92 Å². The van der Waals surface area contributed by atoms with Gasteiger partial charge in [0, 0.05) is 37.0 Å². The van der Waals surface area contributed by atoms with Crippen LogP contribution in [-0.2, 0) is 6.54 Å². The number of ether oxygens (including phenoxy) is 2. The van der Waals surface area contributed by atoms with Crippen molar-refractivity contribution in [2.24, 2.45) is 0 Å². The maximum Gasteiger partial charge on any atom is 0.329 e. The van der Waals surface area contributed by atoms with Crippen molar-refractivity contribution in [2.75, 3.05) is 26.2 Å². The largest absolute Gasteiger partial charge is 0.493 e. The van der Waals surface area contributed by atoms with Gasteiger partial charge in [-0.15, -0.1) is 0 Å². The molecule has 1 N–H and O–H groups in total. The summed E-state index contributed by atoms with van der Waals surface area (Å²) in [4.78, 5) is 47.3. The molecule has 0 spiro atoms. The predicted molar refractivity (Wildman–Crippen MR) is 121 cm³/mol. The first-order valence-electron chi connectivity index (χ1n) is 10.6. The van der Waals surface area contributed by atoms with Crippen LogP contribution in [0.1, 0.15) is 48.2 Å². The van der Waals surface area contributed by atoms with Crippen molar-refractivity contribution >= 4 is 22.6 Å². The zero-order valence-corrected chi connectivity index (χ0v) is 18.6. The molecule has 1 aromatic carbocycles. The van der Waals surface area contributed by atoms with Crippen LogP contribution in [0.4, 0.5) is 5.69 Å². The molecule has 0 saturated heterocycles. The Morgan fingerprint density at radius 3 is 2.53 bits per heavy atom. The lowest BCUT2D eigenvalue weighted by atomic mass is 10.1. The minimum Gasteiger partial charge on any atom is -0.493 e. The minimum atomic E-state index is -0.615. The summed E-state index contributed by atoms with van der Waals surface area (Å²) in [7, 11) is 4.69. The van der Waals surface area contributed by atoms with Gasteiger partial charge in [0.15, 0.2) is 17.1 Å². The van der Waals surface area contributed by atoms with Crippen LogP contribution in [0, 0.1) is 0 Å². The third-order valence-electron chi connectivity index (χ3n) is 5.70. The summed E-state index contributed by atoms with van der Waals surface area (Å²) in [5.74, 6) is 0.889. The van der Waals surface area contributed by atoms with E-state index >= 15 is 0 Å². The van der Waals surface area contributed by atoms with E-state index in [1.165, 1.54) is 23.7 Å². The zero-order valence-electron chi connectivity index (χ0n) is 18.6. The Bertz CT molecular complexity index is 1310. The molecule has 3 aromatic rings. The Morgan fingerprint density at radius 1 is 1.19 bits per heavy atom. The van der Waals surface area contributed by atoms with Crippen molar-refractivity contribution in [3.63, 3.8) is 0 Å². The van der Waals surface area contributed by atoms with Gasteiger partial charge in [-0.2, -0.15) is 0 Å². The van der Waals surface area contributed by atoms with E-state index in [-0.39, 0.29) is 28.4 Å². The summed E-state index contributed by atoms with van der Waals surface area (Å²) in [6, 6.07) is 6.83. The molecular formula is C23H26N4O5. The zero-order chi connectivity index (χ0) is 23.0. The second-order valence-corrected chi connectivity index (χ2v) is 7.88. The molecule has 9 nitrogen and oxygen atoms in total. The van der Waals surface area contributed by atoms with Gasteiger partial charge < -0.3 is 14.4 Å². The smallest absolute Gasteiger partial charge is 0.329 e. The number of anilines is 1. The van der Waals surface area contributed by atoms with Crippen LogP contribution in [-0.4, -0.2) is 41.7 Å². The second kappa shape index (κ2) is 8.49. The van der Waals surface area contributed by atoms with Gasteiger partial charge in [0.25, 0.3) is 11.5 Å². The number of nitrogens with zero attached hydrogens (tertiary/aromatic N) is 3. The number of aryl methyl sites for hydroxylation is 1. The number of rotatable bonds is 7. The summed E-state index contributed by atoms with van der Waals surface area (Å²) >= 11 is 0. The number of carbonyl (C=O) groups is 1. The van der Waals surface area contributed by atoms with Crippen LogP contribution >= 0.6 is 0 Å². The molecule has 0 unspecified atom stereocenters. The molecule has 1 fully saturated rings. The van der Waals surface area contributed by atoms with Gasteiger partial charge >= 0.3 is 5.69 Å². The van der Waals surface area contributed by atoms with E-state index in [0.29, 0.717) is 30.2 Å². The van der Waals surface area contributed by atoms with Crippen LogP contribution in [0.25, 0.3) is 11.0 Å². The first kappa shape index (κ1) is 21.6. The first-order valence-corrected chi connectivity index (χ1v) is 10.6. The molecule has 2 aromatic heterocycles. The number of hydrogen-bond acceptors (Lipinski definition) is 6. The van der Waals surface area contributed by atoms with Gasteiger partial charge in [-0.05, 0) is 37.5 Å². The van der Waals surface area contributed by atoms with Gasteiger partial charge in [-0.1, -0.05) is 6.92 Å². The molecule has 0 radical (unpaired) electrons. The molecular weight excluding hydrogens is 412 g/mol. The number of aromatic amines is 1. The number of aromatic nitrogens is 3. The molecule has 1 aliphatic rings. The average molecular weight is 438 g/mol. The number of benzene rings is 1. The van der Waals surface area contributed by atoms with E-state index in [2.05, 4.69) is 9.97 Å². The monoisotopic (exact) mass is 438 g/mol. The van der Waals surface area contributed by atoms with E-state index in [4.69, 9.17) is 9.47 Å². The summed E-state index contributed by atoms with van der Waals surface area (Å²) < 4.78 is 12.1. The summed E-state index contributed by atoms with van der Waals surface area (Å²) in [6.45, 7) is 2.33. The summed E-state index contributed by atoms with van der Waals surface area (Å²) in [5.41, 5.74) is 0.655. The van der Waals surface area contributed by atoms with Crippen molar-refractivity contribution in [3.8, 4) is 11.5 Å². The number of carbonyl (C=O) groups excluding carboxylic acids is 1. The normalized spacial score (nSPS) is 13.2. The predicted octanol–water partition coefficient (Wildman–Crippen LogP) is 2.67. The molecule has 1 aliphatic carbocycles. The maximum absolute atomic E-state index is 13.6. The van der Waals surface area contributed by atoms with Gasteiger partial charge in [-0.25, -0.2) is 9.78 Å². The highest BCUT2D eigenvalue weighted by Crippen LogP contribution is 2.40. The highest BCUT2D eigenvalue weighted by molar-refractivity contribution is 6.13. The Kier molecular flexibility index (Phi) is 5.73. The minimum absolute atomic E-state index is 0.125. The number of nitrogens with one attached hydrogen (secondary N) is 1. The molecule has 0 atom stereocenters. The van der Waals surface area contributed by atoms with Crippen molar-refractivity contribution < 1.29 is 14.3 Å². The molecule has 1 amide bonds. The van der Waals surface area contributed by atoms with E-state index in [0.717, 1.165) is 18.5 Å². The summed E-state index contributed by atoms with van der Waals surface area (Å²) in [6.07, 6.45) is 2.63. The van der Waals surface area contributed by atoms with Crippen LogP contribution < -0.4 is 25.6 Å². The Morgan fingerprint density at radius 2 is 1.91 bits per heavy atom. The highest BCUT2D eigenvalue weighted by atomic mass is 16.5.